The number of aliphatic carboxylic acids is 1. The number of ether oxygens (including phenoxy) is 2. The first kappa shape index (κ1) is 19.2. The summed E-state index contributed by atoms with van der Waals surface area (Å²) in [6.07, 6.45) is 1.31. The molecule has 0 saturated carbocycles. The van der Waals surface area contributed by atoms with Gasteiger partial charge in [-0.25, -0.2) is 4.98 Å². The van der Waals surface area contributed by atoms with Gasteiger partial charge >= 0.3 is 5.97 Å². The molecule has 1 aliphatic heterocycles. The maximum atomic E-state index is 12.9. The van der Waals surface area contributed by atoms with Gasteiger partial charge in [-0.1, -0.05) is 0 Å². The highest BCUT2D eigenvalue weighted by molar-refractivity contribution is 7.17. The highest BCUT2D eigenvalue weighted by Gasteiger charge is 2.30. The molecule has 1 aromatic carbocycles. The first-order valence-electron chi connectivity index (χ1n) is 8.66. The largest absolute Gasteiger partial charge is 0.493 e. The first-order valence-corrected chi connectivity index (χ1v) is 9.48. The molecule has 0 radical (unpaired) electrons. The molecule has 2 heterocycles. The number of likely N-dealkylation sites (tertiary alicyclic amines) is 1. The second-order valence-electron chi connectivity index (χ2n) is 6.43. The van der Waals surface area contributed by atoms with Crippen LogP contribution in [-0.4, -0.2) is 54.2 Å². The summed E-state index contributed by atoms with van der Waals surface area (Å²) in [7, 11) is 3.14. The van der Waals surface area contributed by atoms with Crippen LogP contribution in [0.2, 0.25) is 0 Å². The summed E-state index contributed by atoms with van der Waals surface area (Å²) >= 11 is 1.31. The monoisotopic (exact) mass is 390 g/mol. The van der Waals surface area contributed by atoms with E-state index in [0.717, 1.165) is 5.56 Å². The molecule has 3 rings (SSSR count). The van der Waals surface area contributed by atoms with Crippen molar-refractivity contribution in [3.63, 3.8) is 0 Å². The van der Waals surface area contributed by atoms with Gasteiger partial charge in [-0.3, -0.25) is 9.59 Å². The van der Waals surface area contributed by atoms with Crippen LogP contribution in [0.3, 0.4) is 0 Å². The van der Waals surface area contributed by atoms with Crippen molar-refractivity contribution < 1.29 is 24.2 Å². The van der Waals surface area contributed by atoms with Crippen molar-refractivity contribution in [2.24, 2.45) is 5.92 Å². The number of benzene rings is 1. The van der Waals surface area contributed by atoms with Gasteiger partial charge in [0, 0.05) is 18.7 Å². The number of thiazole rings is 1. The Labute approximate surface area is 161 Å². The lowest BCUT2D eigenvalue weighted by Crippen LogP contribution is -2.42. The van der Waals surface area contributed by atoms with Crippen LogP contribution in [0.15, 0.2) is 18.2 Å². The second-order valence-corrected chi connectivity index (χ2v) is 7.43. The fourth-order valence-corrected chi connectivity index (χ4v) is 4.22. The van der Waals surface area contributed by atoms with Crippen molar-refractivity contribution in [3.8, 4) is 22.1 Å². The van der Waals surface area contributed by atoms with Crippen molar-refractivity contribution in [3.05, 3.63) is 28.8 Å². The Hall–Kier alpha value is -2.61. The van der Waals surface area contributed by atoms with Gasteiger partial charge in [0.1, 0.15) is 9.88 Å². The number of amides is 1. The number of carboxylic acid groups (broad SMARTS) is 1. The molecule has 2 aromatic rings. The van der Waals surface area contributed by atoms with E-state index < -0.39 is 11.9 Å². The predicted molar refractivity (Wildman–Crippen MR) is 102 cm³/mol. The van der Waals surface area contributed by atoms with Crippen LogP contribution < -0.4 is 9.47 Å². The lowest BCUT2D eigenvalue weighted by Gasteiger charge is -2.30. The molecule has 1 N–H and O–H groups in total. The summed E-state index contributed by atoms with van der Waals surface area (Å²) in [5.74, 6) is -0.279. The van der Waals surface area contributed by atoms with Gasteiger partial charge in [-0.15, -0.1) is 11.3 Å². The molecule has 7 nitrogen and oxygen atoms in total. The van der Waals surface area contributed by atoms with Crippen molar-refractivity contribution in [2.45, 2.75) is 19.8 Å². The third-order valence-electron chi connectivity index (χ3n) is 4.68. The van der Waals surface area contributed by atoms with Gasteiger partial charge in [-0.05, 0) is 38.0 Å². The van der Waals surface area contributed by atoms with Crippen molar-refractivity contribution in [2.75, 3.05) is 27.3 Å². The summed E-state index contributed by atoms with van der Waals surface area (Å²) in [5, 5.41) is 9.95. The number of hydrogen-bond donors (Lipinski definition) is 1. The molecule has 0 aliphatic carbocycles. The summed E-state index contributed by atoms with van der Waals surface area (Å²) in [5.41, 5.74) is 1.48. The van der Waals surface area contributed by atoms with Gasteiger partial charge in [0.25, 0.3) is 5.91 Å². The first-order chi connectivity index (χ1) is 12.9. The van der Waals surface area contributed by atoms with E-state index in [1.54, 1.807) is 32.1 Å². The Bertz CT molecular complexity index is 864. The number of methoxy groups -OCH3 is 2. The zero-order chi connectivity index (χ0) is 19.6. The number of nitrogens with zero attached hydrogens (tertiary/aromatic N) is 2. The lowest BCUT2D eigenvalue weighted by atomic mass is 9.98. The van der Waals surface area contributed by atoms with E-state index in [9.17, 15) is 14.7 Å². The third kappa shape index (κ3) is 3.90. The number of carboxylic acids is 1. The van der Waals surface area contributed by atoms with Crippen molar-refractivity contribution in [1.29, 1.82) is 0 Å². The zero-order valence-electron chi connectivity index (χ0n) is 15.5. The number of aromatic nitrogens is 1. The van der Waals surface area contributed by atoms with Crippen molar-refractivity contribution in [1.82, 2.24) is 9.88 Å². The maximum absolute atomic E-state index is 12.9. The Balaban J connectivity index is 1.86. The molecule has 8 heteroatoms. The number of hydrogen-bond acceptors (Lipinski definition) is 6. The average molecular weight is 390 g/mol. The highest BCUT2D eigenvalue weighted by Crippen LogP contribution is 2.35. The molecule has 1 saturated heterocycles. The van der Waals surface area contributed by atoms with Gasteiger partial charge in [0.2, 0.25) is 0 Å². The van der Waals surface area contributed by atoms with Gasteiger partial charge in [0.15, 0.2) is 11.5 Å². The topological polar surface area (TPSA) is 89.0 Å². The Morgan fingerprint density at radius 3 is 2.67 bits per heavy atom. The van der Waals surface area contributed by atoms with Crippen LogP contribution in [-0.2, 0) is 4.79 Å². The van der Waals surface area contributed by atoms with Gasteiger partial charge < -0.3 is 19.5 Å². The molecule has 27 heavy (non-hydrogen) atoms. The minimum absolute atomic E-state index is 0.150. The third-order valence-corrected chi connectivity index (χ3v) is 5.87. The van der Waals surface area contributed by atoms with Crippen LogP contribution in [0.4, 0.5) is 0 Å². The Kier molecular flexibility index (Phi) is 5.65. The fraction of sp³-hybridized carbons (Fsp3) is 0.421. The second kappa shape index (κ2) is 7.96. The molecule has 1 aromatic heterocycles. The van der Waals surface area contributed by atoms with E-state index in [4.69, 9.17) is 9.47 Å². The van der Waals surface area contributed by atoms with Crippen LogP contribution in [0, 0.1) is 12.8 Å². The standard InChI is InChI=1S/C19H22N2O5S/c1-11-16(18(22)21-8-4-5-13(10-21)19(23)24)27-17(20-11)12-6-7-14(25-2)15(9-12)26-3/h6-7,9,13H,4-5,8,10H2,1-3H3,(H,23,24)/t13-/m0/s1. The minimum atomic E-state index is -0.848. The smallest absolute Gasteiger partial charge is 0.308 e. The quantitative estimate of drug-likeness (QED) is 0.844. The number of carbonyl (C=O) groups is 2. The average Bonchev–Trinajstić information content (AvgIpc) is 3.08. The number of piperidine rings is 1. The number of rotatable bonds is 5. The lowest BCUT2D eigenvalue weighted by molar-refractivity contribution is -0.143. The molecular weight excluding hydrogens is 368 g/mol. The molecule has 1 atom stereocenters. The van der Waals surface area contributed by atoms with Crippen molar-refractivity contribution >= 4 is 23.2 Å². The number of aryl methyl sites for hydroxylation is 1. The molecular formula is C19H22N2O5S. The Morgan fingerprint density at radius 2 is 2.00 bits per heavy atom. The summed E-state index contributed by atoms with van der Waals surface area (Å²) in [4.78, 5) is 30.9. The molecule has 1 aliphatic rings. The van der Waals surface area contributed by atoms with Crippen LogP contribution in [0.25, 0.3) is 10.6 Å². The van der Waals surface area contributed by atoms with E-state index in [-0.39, 0.29) is 12.5 Å². The molecule has 0 spiro atoms. The molecule has 1 fully saturated rings. The predicted octanol–water partition coefficient (Wildman–Crippen LogP) is 3.07. The molecule has 1 amide bonds. The SMILES string of the molecule is COc1ccc(-c2nc(C)c(C(=O)N3CCC[C@H](C(=O)O)C3)s2)cc1OC. The number of carbonyl (C=O) groups excluding carboxylic acids is 1. The Morgan fingerprint density at radius 1 is 1.26 bits per heavy atom. The van der Waals surface area contributed by atoms with E-state index >= 15 is 0 Å². The zero-order valence-corrected chi connectivity index (χ0v) is 16.3. The van der Waals surface area contributed by atoms with Gasteiger partial charge in [0.05, 0.1) is 25.8 Å². The van der Waals surface area contributed by atoms with Crippen LogP contribution in [0.1, 0.15) is 28.2 Å². The minimum Gasteiger partial charge on any atom is -0.493 e. The summed E-state index contributed by atoms with van der Waals surface area (Å²) in [6.45, 7) is 2.62. The summed E-state index contributed by atoms with van der Waals surface area (Å²) in [6, 6.07) is 5.50. The van der Waals surface area contributed by atoms with E-state index in [1.807, 2.05) is 12.1 Å². The highest BCUT2D eigenvalue weighted by atomic mass is 32.1. The molecule has 0 bridgehead atoms. The fourth-order valence-electron chi connectivity index (χ4n) is 3.19. The molecule has 144 valence electrons. The normalized spacial score (nSPS) is 16.9. The van der Waals surface area contributed by atoms with E-state index in [0.29, 0.717) is 46.5 Å². The van der Waals surface area contributed by atoms with E-state index in [1.165, 1.54) is 11.3 Å². The summed E-state index contributed by atoms with van der Waals surface area (Å²) < 4.78 is 10.6. The van der Waals surface area contributed by atoms with Crippen LogP contribution in [0.5, 0.6) is 11.5 Å². The maximum Gasteiger partial charge on any atom is 0.308 e. The van der Waals surface area contributed by atoms with Gasteiger partial charge in [-0.2, -0.15) is 0 Å². The molecule has 0 unspecified atom stereocenters. The van der Waals surface area contributed by atoms with E-state index in [2.05, 4.69) is 4.98 Å². The van der Waals surface area contributed by atoms with Crippen LogP contribution >= 0.6 is 11.3 Å².